The largest absolute Gasteiger partial charge is 0.0888 e. The molecular weight excluding hydrogens is 260 g/mol. The zero-order chi connectivity index (χ0) is 11.5. The van der Waals surface area contributed by atoms with Gasteiger partial charge >= 0.3 is 0 Å². The normalized spacial score (nSPS) is 30.3. The Morgan fingerprint density at radius 1 is 1.31 bits per heavy atom. The van der Waals surface area contributed by atoms with Gasteiger partial charge in [0.25, 0.3) is 0 Å². The summed E-state index contributed by atoms with van der Waals surface area (Å²) in [6.45, 7) is 4.57. The van der Waals surface area contributed by atoms with Gasteiger partial charge in [0.2, 0.25) is 0 Å². The lowest BCUT2D eigenvalue weighted by Gasteiger charge is -2.31. The molecular formula is C15H21Br. The summed E-state index contributed by atoms with van der Waals surface area (Å²) in [6, 6.07) is 8.96. The van der Waals surface area contributed by atoms with Crippen molar-refractivity contribution in [2.24, 2.45) is 11.8 Å². The average Bonchev–Trinajstić information content (AvgIpc) is 2.24. The smallest absolute Gasteiger partial charge is 0.0177 e. The molecule has 0 nitrogen and oxygen atoms in total. The molecule has 0 amide bonds. The van der Waals surface area contributed by atoms with Crippen LogP contribution in [0.4, 0.5) is 0 Å². The highest BCUT2D eigenvalue weighted by atomic mass is 79.9. The van der Waals surface area contributed by atoms with Crippen LogP contribution in [0.2, 0.25) is 0 Å². The van der Waals surface area contributed by atoms with E-state index in [1.807, 2.05) is 0 Å². The summed E-state index contributed by atoms with van der Waals surface area (Å²) in [5.41, 5.74) is 2.89. The first-order valence-electron chi connectivity index (χ1n) is 6.35. The first-order valence-corrected chi connectivity index (χ1v) is 7.26. The summed E-state index contributed by atoms with van der Waals surface area (Å²) >= 11 is 3.86. The first-order chi connectivity index (χ1) is 7.65. The number of rotatable bonds is 2. The maximum absolute atomic E-state index is 3.86. The van der Waals surface area contributed by atoms with Crippen LogP contribution < -0.4 is 0 Å². The molecule has 1 aliphatic carbocycles. The van der Waals surface area contributed by atoms with E-state index in [9.17, 15) is 0 Å². The molecule has 1 fully saturated rings. The zero-order valence-electron chi connectivity index (χ0n) is 10.2. The molecule has 88 valence electrons. The lowest BCUT2D eigenvalue weighted by atomic mass is 9.79. The van der Waals surface area contributed by atoms with E-state index in [1.54, 1.807) is 0 Å². The number of benzene rings is 1. The number of hydrogen-bond acceptors (Lipinski definition) is 0. The molecule has 2 rings (SSSR count). The molecule has 0 heterocycles. The fraction of sp³-hybridized carbons (Fsp3) is 0.600. The van der Waals surface area contributed by atoms with Gasteiger partial charge in [-0.15, -0.1) is 0 Å². The van der Waals surface area contributed by atoms with Crippen LogP contribution in [0.1, 0.15) is 37.3 Å². The molecule has 1 saturated carbocycles. The van der Waals surface area contributed by atoms with Gasteiger partial charge in [-0.05, 0) is 50.0 Å². The molecule has 1 heteroatoms. The minimum Gasteiger partial charge on any atom is -0.0888 e. The molecule has 0 spiro atoms. The lowest BCUT2D eigenvalue weighted by Crippen LogP contribution is -2.25. The molecule has 3 unspecified atom stereocenters. The SMILES string of the molecule is Cc1cccc(CC2CC(C)CCC2Br)c1. The van der Waals surface area contributed by atoms with Gasteiger partial charge in [-0.25, -0.2) is 0 Å². The molecule has 3 atom stereocenters. The highest BCUT2D eigenvalue weighted by Gasteiger charge is 2.26. The Hall–Kier alpha value is -0.300. The molecule has 0 saturated heterocycles. The minimum absolute atomic E-state index is 0.726. The second kappa shape index (κ2) is 5.35. The van der Waals surface area contributed by atoms with Crippen molar-refractivity contribution >= 4 is 15.9 Å². The standard InChI is InChI=1S/C15H21Br/c1-11-4-3-5-13(8-11)10-14-9-12(2)6-7-15(14)16/h3-5,8,12,14-15H,6-7,9-10H2,1-2H3. The second-order valence-corrected chi connectivity index (χ2v) is 6.56. The van der Waals surface area contributed by atoms with Gasteiger partial charge in [0, 0.05) is 4.83 Å². The fourth-order valence-electron chi connectivity index (χ4n) is 2.81. The van der Waals surface area contributed by atoms with Gasteiger partial charge < -0.3 is 0 Å². The van der Waals surface area contributed by atoms with Crippen LogP contribution in [0.5, 0.6) is 0 Å². The summed E-state index contributed by atoms with van der Waals surface area (Å²) in [5.74, 6) is 1.73. The number of hydrogen-bond donors (Lipinski definition) is 0. The van der Waals surface area contributed by atoms with E-state index in [0.717, 1.165) is 16.7 Å². The maximum atomic E-state index is 3.86. The Kier molecular flexibility index (Phi) is 4.07. The molecule has 0 aliphatic heterocycles. The van der Waals surface area contributed by atoms with Crippen molar-refractivity contribution < 1.29 is 0 Å². The van der Waals surface area contributed by atoms with E-state index < -0.39 is 0 Å². The Balaban J connectivity index is 2.02. The predicted octanol–water partition coefficient (Wildman–Crippen LogP) is 4.74. The third-order valence-corrected chi connectivity index (χ3v) is 4.94. The van der Waals surface area contributed by atoms with Crippen molar-refractivity contribution in [3.63, 3.8) is 0 Å². The summed E-state index contributed by atoms with van der Waals surface area (Å²) < 4.78 is 0. The summed E-state index contributed by atoms with van der Waals surface area (Å²) in [7, 11) is 0. The summed E-state index contributed by atoms with van der Waals surface area (Å²) in [6.07, 6.45) is 5.35. The van der Waals surface area contributed by atoms with Crippen LogP contribution >= 0.6 is 15.9 Å². The van der Waals surface area contributed by atoms with Gasteiger partial charge in [0.15, 0.2) is 0 Å². The van der Waals surface area contributed by atoms with E-state index in [-0.39, 0.29) is 0 Å². The van der Waals surface area contributed by atoms with Crippen LogP contribution in [0.15, 0.2) is 24.3 Å². The highest BCUT2D eigenvalue weighted by Crippen LogP contribution is 2.35. The number of alkyl halides is 1. The van der Waals surface area contributed by atoms with Crippen molar-refractivity contribution in [3.05, 3.63) is 35.4 Å². The third kappa shape index (κ3) is 3.10. The van der Waals surface area contributed by atoms with Crippen molar-refractivity contribution in [3.8, 4) is 0 Å². The van der Waals surface area contributed by atoms with Crippen molar-refractivity contribution in [2.45, 2.75) is 44.4 Å². The van der Waals surface area contributed by atoms with Crippen LogP contribution in [-0.4, -0.2) is 4.83 Å². The van der Waals surface area contributed by atoms with E-state index >= 15 is 0 Å². The van der Waals surface area contributed by atoms with Gasteiger partial charge in [0.05, 0.1) is 0 Å². The van der Waals surface area contributed by atoms with E-state index in [1.165, 1.54) is 36.8 Å². The van der Waals surface area contributed by atoms with Crippen molar-refractivity contribution in [1.29, 1.82) is 0 Å². The first kappa shape index (κ1) is 12.2. The van der Waals surface area contributed by atoms with E-state index in [0.29, 0.717) is 0 Å². The van der Waals surface area contributed by atoms with E-state index in [4.69, 9.17) is 0 Å². The molecule has 16 heavy (non-hydrogen) atoms. The molecule has 1 aromatic carbocycles. The third-order valence-electron chi connectivity index (χ3n) is 3.73. The van der Waals surface area contributed by atoms with Gasteiger partial charge in [0.1, 0.15) is 0 Å². The van der Waals surface area contributed by atoms with Crippen LogP contribution in [0.25, 0.3) is 0 Å². The minimum atomic E-state index is 0.726. The van der Waals surface area contributed by atoms with Gasteiger partial charge in [-0.1, -0.05) is 52.7 Å². The van der Waals surface area contributed by atoms with Crippen molar-refractivity contribution in [1.82, 2.24) is 0 Å². The molecule has 1 aliphatic rings. The quantitative estimate of drug-likeness (QED) is 0.687. The Labute approximate surface area is 108 Å². The molecule has 1 aromatic rings. The number of aryl methyl sites for hydroxylation is 1. The zero-order valence-corrected chi connectivity index (χ0v) is 11.8. The summed E-state index contributed by atoms with van der Waals surface area (Å²) in [4.78, 5) is 0.726. The maximum Gasteiger partial charge on any atom is 0.0177 e. The predicted molar refractivity (Wildman–Crippen MR) is 74.1 cm³/mol. The summed E-state index contributed by atoms with van der Waals surface area (Å²) in [5, 5.41) is 0. The van der Waals surface area contributed by atoms with E-state index in [2.05, 4.69) is 54.0 Å². The Morgan fingerprint density at radius 2 is 2.12 bits per heavy atom. The van der Waals surface area contributed by atoms with Gasteiger partial charge in [-0.3, -0.25) is 0 Å². The molecule has 0 bridgehead atoms. The highest BCUT2D eigenvalue weighted by molar-refractivity contribution is 9.09. The average molecular weight is 281 g/mol. The second-order valence-electron chi connectivity index (χ2n) is 5.39. The molecule has 0 N–H and O–H groups in total. The Bertz CT molecular complexity index is 345. The lowest BCUT2D eigenvalue weighted by molar-refractivity contribution is 0.294. The number of halogens is 1. The van der Waals surface area contributed by atoms with Crippen LogP contribution in [0.3, 0.4) is 0 Å². The monoisotopic (exact) mass is 280 g/mol. The van der Waals surface area contributed by atoms with Crippen LogP contribution in [0, 0.1) is 18.8 Å². The van der Waals surface area contributed by atoms with Gasteiger partial charge in [-0.2, -0.15) is 0 Å². The Morgan fingerprint density at radius 3 is 2.88 bits per heavy atom. The van der Waals surface area contributed by atoms with Crippen LogP contribution in [-0.2, 0) is 6.42 Å². The molecule has 0 aromatic heterocycles. The van der Waals surface area contributed by atoms with Crippen molar-refractivity contribution in [2.75, 3.05) is 0 Å². The fourth-order valence-corrected chi connectivity index (χ4v) is 3.48. The molecule has 0 radical (unpaired) electrons. The topological polar surface area (TPSA) is 0 Å².